The van der Waals surface area contributed by atoms with E-state index >= 15 is 0 Å². The molecule has 0 radical (unpaired) electrons. The van der Waals surface area contributed by atoms with E-state index in [2.05, 4.69) is 36.2 Å². The lowest BCUT2D eigenvalue weighted by Gasteiger charge is -2.12. The third-order valence-electron chi connectivity index (χ3n) is 3.24. The first-order valence-electron chi connectivity index (χ1n) is 6.59. The van der Waals surface area contributed by atoms with Crippen LogP contribution in [0.25, 0.3) is 11.0 Å². The Morgan fingerprint density at radius 1 is 1.26 bits per heavy atom. The number of hydrogen-bond donors (Lipinski definition) is 1. The molecule has 0 aliphatic rings. The van der Waals surface area contributed by atoms with Gasteiger partial charge >= 0.3 is 0 Å². The quantitative estimate of drug-likeness (QED) is 0.638. The number of aromatic nitrogens is 3. The molecule has 0 atom stereocenters. The van der Waals surface area contributed by atoms with Crippen molar-refractivity contribution in [3.8, 4) is 0 Å². The van der Waals surface area contributed by atoms with Crippen molar-refractivity contribution in [1.82, 2.24) is 15.0 Å². The molecule has 8 heteroatoms. The summed E-state index contributed by atoms with van der Waals surface area (Å²) >= 11 is 9.34. The largest absolute Gasteiger partial charge is 0.338 e. The smallest absolute Gasteiger partial charge is 0.297 e. The minimum atomic E-state index is -2.78. The first-order chi connectivity index (χ1) is 11.0. The molecule has 2 aromatic heterocycles. The third kappa shape index (κ3) is 3.25. The zero-order valence-corrected chi connectivity index (χ0v) is 14.2. The van der Waals surface area contributed by atoms with E-state index in [9.17, 15) is 8.78 Å². The number of anilines is 2. The molecule has 0 bridgehead atoms. The van der Waals surface area contributed by atoms with Gasteiger partial charge in [-0.15, -0.1) is 0 Å². The normalized spacial score (nSPS) is 11.2. The molecule has 4 nitrogen and oxygen atoms in total. The van der Waals surface area contributed by atoms with Gasteiger partial charge in [0.25, 0.3) is 6.43 Å². The molecule has 118 valence electrons. The lowest BCUT2D eigenvalue weighted by molar-refractivity contribution is 0.141. The molecule has 0 aliphatic heterocycles. The van der Waals surface area contributed by atoms with Crippen molar-refractivity contribution in [3.63, 3.8) is 0 Å². The van der Waals surface area contributed by atoms with Crippen LogP contribution in [0.2, 0.25) is 5.02 Å². The van der Waals surface area contributed by atoms with Crippen LogP contribution in [0.1, 0.15) is 17.8 Å². The van der Waals surface area contributed by atoms with Crippen molar-refractivity contribution < 1.29 is 8.78 Å². The van der Waals surface area contributed by atoms with Gasteiger partial charge in [0, 0.05) is 21.4 Å². The van der Waals surface area contributed by atoms with E-state index in [0.717, 1.165) is 5.56 Å². The summed E-state index contributed by atoms with van der Waals surface area (Å²) in [7, 11) is 0. The number of rotatable bonds is 3. The molecule has 1 N–H and O–H groups in total. The fraction of sp³-hybridized carbons (Fsp3) is 0.133. The Bertz CT molecular complexity index is 889. The molecule has 3 aromatic rings. The molecule has 0 saturated heterocycles. The van der Waals surface area contributed by atoms with Crippen molar-refractivity contribution in [2.75, 3.05) is 5.32 Å². The minimum Gasteiger partial charge on any atom is -0.338 e. The van der Waals surface area contributed by atoms with Crippen LogP contribution in [0.4, 0.5) is 20.3 Å². The van der Waals surface area contributed by atoms with Gasteiger partial charge in [0.1, 0.15) is 5.52 Å². The monoisotopic (exact) mass is 398 g/mol. The highest BCUT2D eigenvalue weighted by molar-refractivity contribution is 9.10. The fourth-order valence-electron chi connectivity index (χ4n) is 2.07. The fourth-order valence-corrected chi connectivity index (χ4v) is 2.56. The summed E-state index contributed by atoms with van der Waals surface area (Å²) in [6.45, 7) is 1.83. The second kappa shape index (κ2) is 6.33. The summed E-state index contributed by atoms with van der Waals surface area (Å²) in [6, 6.07) is 6.92. The first kappa shape index (κ1) is 16.0. The summed E-state index contributed by atoms with van der Waals surface area (Å²) in [5.41, 5.74) is 2.18. The maximum atomic E-state index is 13.1. The van der Waals surface area contributed by atoms with E-state index < -0.39 is 12.2 Å². The van der Waals surface area contributed by atoms with Gasteiger partial charge in [0.15, 0.2) is 11.6 Å². The summed E-state index contributed by atoms with van der Waals surface area (Å²) in [5.74, 6) is -0.345. The SMILES string of the molecule is Cc1c(Cl)cccc1Nc1nc(C(F)F)nc2cc(Br)cnc12. The molecule has 0 unspecified atom stereocenters. The number of fused-ring (bicyclic) bond motifs is 1. The number of halogens is 4. The van der Waals surface area contributed by atoms with Crippen LogP contribution in [0.3, 0.4) is 0 Å². The molecule has 23 heavy (non-hydrogen) atoms. The van der Waals surface area contributed by atoms with Gasteiger partial charge in [0.05, 0.1) is 5.52 Å². The Balaban J connectivity index is 2.17. The number of nitrogens with one attached hydrogen (secondary N) is 1. The predicted molar refractivity (Wildman–Crippen MR) is 89.5 cm³/mol. The maximum Gasteiger partial charge on any atom is 0.297 e. The van der Waals surface area contributed by atoms with Crippen LogP contribution in [0, 0.1) is 6.92 Å². The van der Waals surface area contributed by atoms with Gasteiger partial charge in [-0.25, -0.2) is 23.7 Å². The van der Waals surface area contributed by atoms with Gasteiger partial charge in [-0.1, -0.05) is 17.7 Å². The van der Waals surface area contributed by atoms with Crippen LogP contribution in [-0.4, -0.2) is 15.0 Å². The molecule has 0 spiro atoms. The summed E-state index contributed by atoms with van der Waals surface area (Å²) in [6.07, 6.45) is -1.22. The highest BCUT2D eigenvalue weighted by Crippen LogP contribution is 2.30. The zero-order chi connectivity index (χ0) is 16.6. The van der Waals surface area contributed by atoms with Crippen molar-refractivity contribution in [3.05, 3.63) is 51.3 Å². The third-order valence-corrected chi connectivity index (χ3v) is 4.08. The van der Waals surface area contributed by atoms with Gasteiger partial charge in [-0.05, 0) is 46.6 Å². The number of hydrogen-bond acceptors (Lipinski definition) is 4. The minimum absolute atomic E-state index is 0.211. The Morgan fingerprint density at radius 3 is 2.78 bits per heavy atom. The molecule has 0 amide bonds. The summed E-state index contributed by atoms with van der Waals surface area (Å²) < 4.78 is 26.8. The maximum absolute atomic E-state index is 13.1. The molecule has 2 heterocycles. The Morgan fingerprint density at radius 2 is 2.04 bits per heavy atom. The predicted octanol–water partition coefficient (Wildman–Crippen LogP) is 5.43. The summed E-state index contributed by atoms with van der Waals surface area (Å²) in [4.78, 5) is 12.0. The van der Waals surface area contributed by atoms with Gasteiger partial charge in [-0.2, -0.15) is 0 Å². The first-order valence-corrected chi connectivity index (χ1v) is 7.76. The number of alkyl halides is 2. The van der Waals surface area contributed by atoms with Gasteiger partial charge < -0.3 is 5.32 Å². The molecular formula is C15H10BrClF2N4. The van der Waals surface area contributed by atoms with E-state index in [-0.39, 0.29) is 5.82 Å². The van der Waals surface area contributed by atoms with Crippen LogP contribution in [0.15, 0.2) is 34.9 Å². The molecule has 0 fully saturated rings. The van der Waals surface area contributed by atoms with E-state index in [1.54, 1.807) is 30.5 Å². The van der Waals surface area contributed by atoms with Crippen molar-refractivity contribution in [2.24, 2.45) is 0 Å². The van der Waals surface area contributed by atoms with E-state index in [0.29, 0.717) is 26.2 Å². The van der Waals surface area contributed by atoms with Crippen LogP contribution in [0.5, 0.6) is 0 Å². The standard InChI is InChI=1S/C15H10BrClF2N4/c1-7-9(17)3-2-4-10(7)21-14-12-11(5-8(16)6-20-12)22-15(23-14)13(18)19/h2-6,13H,1H3,(H,21,22,23). The molecule has 1 aromatic carbocycles. The van der Waals surface area contributed by atoms with Crippen molar-refractivity contribution in [2.45, 2.75) is 13.3 Å². The van der Waals surface area contributed by atoms with Crippen molar-refractivity contribution >= 4 is 50.1 Å². The van der Waals surface area contributed by atoms with Crippen LogP contribution in [-0.2, 0) is 0 Å². The van der Waals surface area contributed by atoms with Crippen LogP contribution >= 0.6 is 27.5 Å². The number of nitrogens with zero attached hydrogens (tertiary/aromatic N) is 3. The van der Waals surface area contributed by atoms with Gasteiger partial charge in [-0.3, -0.25) is 0 Å². The highest BCUT2D eigenvalue weighted by Gasteiger charge is 2.17. The average molecular weight is 400 g/mol. The number of pyridine rings is 1. The van der Waals surface area contributed by atoms with Crippen molar-refractivity contribution in [1.29, 1.82) is 0 Å². The van der Waals surface area contributed by atoms with Crippen LogP contribution < -0.4 is 5.32 Å². The molecule has 0 aliphatic carbocycles. The zero-order valence-electron chi connectivity index (χ0n) is 11.8. The van der Waals surface area contributed by atoms with Gasteiger partial charge in [0.2, 0.25) is 0 Å². The van der Waals surface area contributed by atoms with E-state index in [1.165, 1.54) is 0 Å². The molecule has 3 rings (SSSR count). The van der Waals surface area contributed by atoms with E-state index in [4.69, 9.17) is 11.6 Å². The second-order valence-corrected chi connectivity index (χ2v) is 6.11. The van der Waals surface area contributed by atoms with E-state index in [1.807, 2.05) is 6.92 Å². The lowest BCUT2D eigenvalue weighted by atomic mass is 10.2. The second-order valence-electron chi connectivity index (χ2n) is 4.79. The molecule has 0 saturated carbocycles. The molecular weight excluding hydrogens is 390 g/mol. The highest BCUT2D eigenvalue weighted by atomic mass is 79.9. The average Bonchev–Trinajstić information content (AvgIpc) is 2.51. The number of benzene rings is 1. The lowest BCUT2D eigenvalue weighted by Crippen LogP contribution is -2.04. The summed E-state index contributed by atoms with van der Waals surface area (Å²) in [5, 5.41) is 3.59. The topological polar surface area (TPSA) is 50.7 Å². The Hall–Kier alpha value is -1.86. The Labute approximate surface area is 144 Å². The Kier molecular flexibility index (Phi) is 4.41.